The van der Waals surface area contributed by atoms with Crippen LogP contribution in [0.15, 0.2) is 42.6 Å². The molecule has 4 rings (SSSR count). The van der Waals surface area contributed by atoms with E-state index in [1.807, 2.05) is 12.3 Å². The van der Waals surface area contributed by atoms with Gasteiger partial charge in [0, 0.05) is 44.8 Å². The van der Waals surface area contributed by atoms with E-state index >= 15 is 0 Å². The van der Waals surface area contributed by atoms with Crippen LogP contribution in [0.25, 0.3) is 11.0 Å². The van der Waals surface area contributed by atoms with E-state index in [0.717, 1.165) is 49.5 Å². The number of likely N-dealkylation sites (tertiary alicyclic amines) is 1. The number of aromatic amines is 1. The third-order valence-electron chi connectivity index (χ3n) is 5.26. The minimum atomic E-state index is 0.612. The molecule has 26 heavy (non-hydrogen) atoms. The van der Waals surface area contributed by atoms with Gasteiger partial charge in [0.15, 0.2) is 0 Å². The summed E-state index contributed by atoms with van der Waals surface area (Å²) >= 11 is 0. The van der Waals surface area contributed by atoms with Crippen molar-refractivity contribution in [3.05, 3.63) is 59.7 Å². The summed E-state index contributed by atoms with van der Waals surface area (Å²) in [7, 11) is 0. The second-order valence-electron chi connectivity index (χ2n) is 7.23. The molecule has 0 atom stereocenters. The molecule has 5 nitrogen and oxygen atoms in total. The van der Waals surface area contributed by atoms with Gasteiger partial charge in [-0.2, -0.15) is 0 Å². The molecule has 1 saturated heterocycles. The molecule has 0 saturated carbocycles. The number of para-hydroxylation sites is 1. The Bertz CT molecular complexity index is 834. The van der Waals surface area contributed by atoms with Crippen molar-refractivity contribution in [2.45, 2.75) is 38.8 Å². The molecule has 0 spiro atoms. The molecule has 0 aliphatic carbocycles. The molecular weight excluding hydrogens is 322 g/mol. The maximum Gasteiger partial charge on any atom is 0.108 e. The normalized spacial score (nSPS) is 16.3. The molecule has 0 radical (unpaired) electrons. The van der Waals surface area contributed by atoms with Gasteiger partial charge in [0.25, 0.3) is 0 Å². The number of pyridine rings is 1. The molecule has 1 aliphatic heterocycles. The highest BCUT2D eigenvalue weighted by Gasteiger charge is 2.19. The molecule has 136 valence electrons. The predicted molar refractivity (Wildman–Crippen MR) is 105 cm³/mol. The van der Waals surface area contributed by atoms with Crippen molar-refractivity contribution in [3.8, 4) is 0 Å². The van der Waals surface area contributed by atoms with E-state index in [1.165, 1.54) is 24.1 Å². The Kier molecular flexibility index (Phi) is 5.27. The molecular formula is C21H27N5. The number of piperidine rings is 1. The number of aryl methyl sites for hydroxylation is 1. The van der Waals surface area contributed by atoms with Crippen molar-refractivity contribution < 1.29 is 0 Å². The topological polar surface area (TPSA) is 56.8 Å². The highest BCUT2D eigenvalue weighted by Crippen LogP contribution is 2.16. The van der Waals surface area contributed by atoms with Crippen LogP contribution >= 0.6 is 0 Å². The maximum atomic E-state index is 4.74. The van der Waals surface area contributed by atoms with Crippen molar-refractivity contribution >= 4 is 11.0 Å². The molecule has 0 amide bonds. The zero-order valence-electron chi connectivity index (χ0n) is 15.4. The van der Waals surface area contributed by atoms with Gasteiger partial charge in [0.2, 0.25) is 0 Å². The summed E-state index contributed by atoms with van der Waals surface area (Å²) in [6.07, 6.45) is 5.23. The minimum absolute atomic E-state index is 0.612. The van der Waals surface area contributed by atoms with Crippen LogP contribution in [0.1, 0.15) is 29.9 Å². The number of nitrogens with zero attached hydrogens (tertiary/aromatic N) is 3. The maximum absolute atomic E-state index is 4.74. The summed E-state index contributed by atoms with van der Waals surface area (Å²) in [5.41, 5.74) is 4.64. The summed E-state index contributed by atoms with van der Waals surface area (Å²) in [4.78, 5) is 15.1. The van der Waals surface area contributed by atoms with Crippen LogP contribution in [0.5, 0.6) is 0 Å². The lowest BCUT2D eigenvalue weighted by Gasteiger charge is -2.32. The summed E-state index contributed by atoms with van der Waals surface area (Å²) in [5.74, 6) is 1.08. The molecule has 0 bridgehead atoms. The Labute approximate surface area is 154 Å². The highest BCUT2D eigenvalue weighted by molar-refractivity contribution is 5.78. The zero-order valence-corrected chi connectivity index (χ0v) is 15.4. The van der Waals surface area contributed by atoms with Gasteiger partial charge in [-0.1, -0.05) is 18.2 Å². The van der Waals surface area contributed by atoms with Crippen LogP contribution in [0.4, 0.5) is 0 Å². The Balaban J connectivity index is 1.21. The first kappa shape index (κ1) is 17.2. The van der Waals surface area contributed by atoms with Crippen LogP contribution in [0, 0.1) is 6.92 Å². The van der Waals surface area contributed by atoms with Crippen LogP contribution in [0.3, 0.4) is 0 Å². The van der Waals surface area contributed by atoms with Crippen molar-refractivity contribution in [2.24, 2.45) is 0 Å². The summed E-state index contributed by atoms with van der Waals surface area (Å²) < 4.78 is 0. The Morgan fingerprint density at radius 1 is 1.15 bits per heavy atom. The monoisotopic (exact) mass is 349 g/mol. The number of fused-ring (bicyclic) bond motifs is 1. The predicted octanol–water partition coefficient (Wildman–Crippen LogP) is 3.06. The van der Waals surface area contributed by atoms with Gasteiger partial charge in [-0.3, -0.25) is 9.88 Å². The third kappa shape index (κ3) is 4.11. The first-order valence-electron chi connectivity index (χ1n) is 9.58. The second kappa shape index (κ2) is 7.98. The Morgan fingerprint density at radius 3 is 2.81 bits per heavy atom. The van der Waals surface area contributed by atoms with Gasteiger partial charge in [0.1, 0.15) is 5.82 Å². The molecule has 2 N–H and O–H groups in total. The molecule has 3 aromatic rings. The number of benzene rings is 1. The third-order valence-corrected chi connectivity index (χ3v) is 5.26. The standard InChI is InChI=1S/C21H27N5/c1-16-5-4-7-19-21(16)25-20(24-19)8-12-23-17-9-13-26(14-10-17)15-18-6-2-3-11-22-18/h2-7,11,17,23H,8-10,12-15H2,1H3,(H,24,25). The number of nitrogens with one attached hydrogen (secondary N) is 2. The van der Waals surface area contributed by atoms with Gasteiger partial charge in [-0.05, 0) is 43.5 Å². The first-order chi connectivity index (χ1) is 12.8. The van der Waals surface area contributed by atoms with Gasteiger partial charge in [-0.15, -0.1) is 0 Å². The fraction of sp³-hybridized carbons (Fsp3) is 0.429. The van der Waals surface area contributed by atoms with E-state index in [1.54, 1.807) is 0 Å². The molecule has 1 aliphatic rings. The van der Waals surface area contributed by atoms with E-state index in [-0.39, 0.29) is 0 Å². The van der Waals surface area contributed by atoms with E-state index in [4.69, 9.17) is 4.98 Å². The van der Waals surface area contributed by atoms with E-state index in [0.29, 0.717) is 6.04 Å². The van der Waals surface area contributed by atoms with Crippen molar-refractivity contribution in [1.82, 2.24) is 25.2 Å². The van der Waals surface area contributed by atoms with Gasteiger partial charge >= 0.3 is 0 Å². The lowest BCUT2D eigenvalue weighted by molar-refractivity contribution is 0.189. The SMILES string of the molecule is Cc1cccc2[nH]c(CCNC3CCN(Cc4ccccn4)CC3)nc12. The molecule has 5 heteroatoms. The highest BCUT2D eigenvalue weighted by atomic mass is 15.1. The summed E-state index contributed by atoms with van der Waals surface area (Å²) in [5, 5.41) is 3.71. The Hall–Kier alpha value is -2.24. The number of H-pyrrole nitrogens is 1. The molecule has 0 unspecified atom stereocenters. The van der Waals surface area contributed by atoms with Gasteiger partial charge < -0.3 is 10.3 Å². The van der Waals surface area contributed by atoms with Crippen LogP contribution < -0.4 is 5.32 Å². The molecule has 1 fully saturated rings. The van der Waals surface area contributed by atoms with Crippen molar-refractivity contribution in [1.29, 1.82) is 0 Å². The van der Waals surface area contributed by atoms with Crippen molar-refractivity contribution in [3.63, 3.8) is 0 Å². The van der Waals surface area contributed by atoms with E-state index < -0.39 is 0 Å². The summed E-state index contributed by atoms with van der Waals surface area (Å²) in [6, 6.07) is 13.1. The molecule has 3 heterocycles. The van der Waals surface area contributed by atoms with E-state index in [2.05, 4.69) is 57.4 Å². The average Bonchev–Trinajstić information content (AvgIpc) is 3.09. The number of rotatable bonds is 6. The molecule has 1 aromatic carbocycles. The number of aromatic nitrogens is 3. The van der Waals surface area contributed by atoms with Crippen LogP contribution in [-0.4, -0.2) is 45.5 Å². The quantitative estimate of drug-likeness (QED) is 0.718. The van der Waals surface area contributed by atoms with Gasteiger partial charge in [-0.25, -0.2) is 4.98 Å². The lowest BCUT2D eigenvalue weighted by atomic mass is 10.0. The van der Waals surface area contributed by atoms with Crippen molar-refractivity contribution in [2.75, 3.05) is 19.6 Å². The van der Waals surface area contributed by atoms with Crippen LogP contribution in [-0.2, 0) is 13.0 Å². The van der Waals surface area contributed by atoms with E-state index in [9.17, 15) is 0 Å². The minimum Gasteiger partial charge on any atom is -0.342 e. The lowest BCUT2D eigenvalue weighted by Crippen LogP contribution is -2.42. The zero-order chi connectivity index (χ0) is 17.8. The number of imidazole rings is 1. The fourth-order valence-electron chi connectivity index (χ4n) is 3.76. The first-order valence-corrected chi connectivity index (χ1v) is 9.58. The Morgan fingerprint density at radius 2 is 2.04 bits per heavy atom. The van der Waals surface area contributed by atoms with Gasteiger partial charge in [0.05, 0.1) is 16.7 Å². The fourth-order valence-corrected chi connectivity index (χ4v) is 3.76. The largest absolute Gasteiger partial charge is 0.342 e. The average molecular weight is 349 g/mol. The smallest absolute Gasteiger partial charge is 0.108 e. The number of hydrogen-bond donors (Lipinski definition) is 2. The second-order valence-corrected chi connectivity index (χ2v) is 7.23. The van der Waals surface area contributed by atoms with Crippen LogP contribution in [0.2, 0.25) is 0 Å². The summed E-state index contributed by atoms with van der Waals surface area (Å²) in [6.45, 7) is 6.33. The number of hydrogen-bond acceptors (Lipinski definition) is 4. The molecule has 2 aromatic heterocycles.